The van der Waals surface area contributed by atoms with Crippen molar-refractivity contribution in [3.05, 3.63) is 36.2 Å². The van der Waals surface area contributed by atoms with Gasteiger partial charge < -0.3 is 28.9 Å². The fraction of sp³-hybridized carbons (Fsp3) is 0.391. The molecule has 1 aliphatic rings. The SMILES string of the molecule is CC(=O)OC[C@H]1O[C@@H](n2cnc3c(OS(=O)(=O)c4ccc(C)cc4)nc(N)nc32)[C@H](OC(C)=O)[C@@H]1OC(C)=O. The summed E-state index contributed by atoms with van der Waals surface area (Å²) in [7, 11) is -4.32. The Balaban J connectivity index is 1.75. The lowest BCUT2D eigenvalue weighted by atomic mass is 10.1. The number of rotatable bonds is 8. The lowest BCUT2D eigenvalue weighted by Gasteiger charge is -2.23. The molecule has 15 nitrogen and oxygen atoms in total. The third kappa shape index (κ3) is 6.06. The quantitative estimate of drug-likeness (QED) is 0.229. The monoisotopic (exact) mass is 563 g/mol. The molecule has 0 saturated carbocycles. The number of carbonyl (C=O) groups is 3. The van der Waals surface area contributed by atoms with Crippen molar-refractivity contribution >= 4 is 45.1 Å². The summed E-state index contributed by atoms with van der Waals surface area (Å²) in [6.45, 7) is 4.96. The van der Waals surface area contributed by atoms with E-state index in [0.29, 0.717) is 0 Å². The van der Waals surface area contributed by atoms with E-state index in [1.54, 1.807) is 19.1 Å². The fourth-order valence-corrected chi connectivity index (χ4v) is 4.81. The second-order valence-corrected chi connectivity index (χ2v) is 10.1. The van der Waals surface area contributed by atoms with E-state index in [2.05, 4.69) is 15.0 Å². The Morgan fingerprint density at radius 3 is 2.26 bits per heavy atom. The van der Waals surface area contributed by atoms with Crippen molar-refractivity contribution in [2.45, 2.75) is 57.1 Å². The first-order valence-electron chi connectivity index (χ1n) is 11.5. The molecule has 0 unspecified atom stereocenters. The summed E-state index contributed by atoms with van der Waals surface area (Å²) in [6.07, 6.45) is -3.45. The third-order valence-corrected chi connectivity index (χ3v) is 6.75. The molecule has 2 N–H and O–H groups in total. The van der Waals surface area contributed by atoms with Crippen LogP contribution in [-0.4, -0.2) is 70.8 Å². The molecular weight excluding hydrogens is 538 g/mol. The second-order valence-electron chi connectivity index (χ2n) is 8.58. The predicted octanol–water partition coefficient (Wildman–Crippen LogP) is 0.809. The predicted molar refractivity (Wildman–Crippen MR) is 130 cm³/mol. The van der Waals surface area contributed by atoms with Gasteiger partial charge in [0.25, 0.3) is 5.88 Å². The zero-order valence-electron chi connectivity index (χ0n) is 21.3. The van der Waals surface area contributed by atoms with Crippen molar-refractivity contribution in [3.8, 4) is 5.88 Å². The highest BCUT2D eigenvalue weighted by Gasteiger charge is 2.51. The van der Waals surface area contributed by atoms with Crippen LogP contribution < -0.4 is 9.92 Å². The number of esters is 3. The van der Waals surface area contributed by atoms with E-state index in [4.69, 9.17) is 28.9 Å². The van der Waals surface area contributed by atoms with E-state index in [9.17, 15) is 22.8 Å². The number of imidazole rings is 1. The van der Waals surface area contributed by atoms with E-state index in [1.165, 1.54) is 30.0 Å². The summed E-state index contributed by atoms with van der Waals surface area (Å²) >= 11 is 0. The average Bonchev–Trinajstić information content (AvgIpc) is 3.38. The maximum Gasteiger partial charge on any atom is 0.340 e. The average molecular weight is 564 g/mol. The molecule has 3 aromatic rings. The summed E-state index contributed by atoms with van der Waals surface area (Å²) in [5.41, 5.74) is 6.57. The van der Waals surface area contributed by atoms with E-state index in [0.717, 1.165) is 19.4 Å². The van der Waals surface area contributed by atoms with Gasteiger partial charge in [0.05, 0.1) is 6.33 Å². The Bertz CT molecular complexity index is 1520. The van der Waals surface area contributed by atoms with E-state index in [1.807, 2.05) is 0 Å². The minimum Gasteiger partial charge on any atom is -0.463 e. The number of aryl methyl sites for hydroxylation is 1. The van der Waals surface area contributed by atoms with Crippen molar-refractivity contribution in [1.29, 1.82) is 0 Å². The van der Waals surface area contributed by atoms with Crippen LogP contribution in [0.2, 0.25) is 0 Å². The topological polar surface area (TPSA) is 201 Å². The number of nitrogen functional groups attached to an aromatic ring is 1. The van der Waals surface area contributed by atoms with Crippen LogP contribution in [0.25, 0.3) is 11.2 Å². The van der Waals surface area contributed by atoms with Crippen molar-refractivity contribution < 1.29 is 45.9 Å². The molecular formula is C23H25N5O10S. The molecule has 208 valence electrons. The van der Waals surface area contributed by atoms with E-state index in [-0.39, 0.29) is 28.6 Å². The highest BCUT2D eigenvalue weighted by Crippen LogP contribution is 2.37. The standard InChI is InChI=1S/C23H25N5O10S/c1-11-5-7-15(8-6-11)39(32,33)38-21-17-20(26-23(24)27-21)28(10-25-17)22-19(36-14(4)31)18(35-13(3)30)16(37-22)9-34-12(2)29/h5-8,10,16,18-19,22H,9H2,1-4H3,(H2,24,26,27)/t16-,18-,19-,22-/m1/s1. The van der Waals surface area contributed by atoms with Gasteiger partial charge in [-0.3, -0.25) is 19.0 Å². The van der Waals surface area contributed by atoms with Gasteiger partial charge in [-0.1, -0.05) is 17.7 Å². The Morgan fingerprint density at radius 2 is 1.64 bits per heavy atom. The van der Waals surface area contributed by atoms with Crippen LogP contribution in [0, 0.1) is 6.92 Å². The number of nitrogens with zero attached hydrogens (tertiary/aromatic N) is 4. The first kappa shape index (κ1) is 27.7. The van der Waals surface area contributed by atoms with E-state index < -0.39 is 58.4 Å². The molecule has 0 radical (unpaired) electrons. The summed E-state index contributed by atoms with van der Waals surface area (Å²) in [5, 5.41) is 0. The van der Waals surface area contributed by atoms with Crippen molar-refractivity contribution in [3.63, 3.8) is 0 Å². The molecule has 1 fully saturated rings. The van der Waals surface area contributed by atoms with Crippen molar-refractivity contribution in [2.75, 3.05) is 12.3 Å². The molecule has 1 saturated heterocycles. The summed E-state index contributed by atoms with van der Waals surface area (Å²) in [4.78, 5) is 47.2. The smallest absolute Gasteiger partial charge is 0.340 e. The van der Waals surface area contributed by atoms with Crippen LogP contribution in [0.3, 0.4) is 0 Å². The normalized spacial score (nSPS) is 20.9. The molecule has 1 aliphatic heterocycles. The van der Waals surface area contributed by atoms with Gasteiger partial charge >= 0.3 is 28.0 Å². The van der Waals surface area contributed by atoms with Crippen LogP contribution in [0.15, 0.2) is 35.5 Å². The lowest BCUT2D eigenvalue weighted by Crippen LogP contribution is -2.40. The summed E-state index contributed by atoms with van der Waals surface area (Å²) in [6, 6.07) is 5.96. The van der Waals surface area contributed by atoms with Crippen molar-refractivity contribution in [2.24, 2.45) is 0 Å². The number of anilines is 1. The number of hydrogen-bond donors (Lipinski definition) is 1. The number of nitrogens with two attached hydrogens (primary N) is 1. The van der Waals surface area contributed by atoms with Crippen LogP contribution in [0.4, 0.5) is 5.95 Å². The van der Waals surface area contributed by atoms with Gasteiger partial charge in [-0.25, -0.2) is 4.98 Å². The molecule has 4 rings (SSSR count). The molecule has 0 spiro atoms. The molecule has 16 heteroatoms. The Hall–Kier alpha value is -4.31. The molecule has 4 atom stereocenters. The maximum atomic E-state index is 12.9. The Labute approximate surface area is 222 Å². The molecule has 1 aromatic carbocycles. The van der Waals surface area contributed by atoms with Gasteiger partial charge in [-0.15, -0.1) is 0 Å². The maximum absolute atomic E-state index is 12.9. The molecule has 2 aromatic heterocycles. The highest BCUT2D eigenvalue weighted by atomic mass is 32.2. The lowest BCUT2D eigenvalue weighted by molar-refractivity contribution is -0.166. The minimum absolute atomic E-state index is 0.0338. The molecule has 0 aliphatic carbocycles. The Kier molecular flexibility index (Phi) is 7.69. The summed E-state index contributed by atoms with van der Waals surface area (Å²) in [5.74, 6) is -2.84. The first-order chi connectivity index (χ1) is 18.4. The van der Waals surface area contributed by atoms with Gasteiger partial charge in [0.15, 0.2) is 29.6 Å². The zero-order chi connectivity index (χ0) is 28.5. The summed E-state index contributed by atoms with van der Waals surface area (Å²) < 4.78 is 54.1. The van der Waals surface area contributed by atoms with Crippen LogP contribution in [0.5, 0.6) is 5.88 Å². The van der Waals surface area contributed by atoms with Gasteiger partial charge in [-0.05, 0) is 19.1 Å². The number of benzene rings is 1. The van der Waals surface area contributed by atoms with Gasteiger partial charge in [0, 0.05) is 20.8 Å². The second kappa shape index (κ2) is 10.8. The number of ether oxygens (including phenoxy) is 4. The molecule has 0 bridgehead atoms. The third-order valence-electron chi connectivity index (χ3n) is 5.52. The number of hydrogen-bond acceptors (Lipinski definition) is 14. The number of fused-ring (bicyclic) bond motifs is 1. The fourth-order valence-electron chi connectivity index (χ4n) is 3.92. The van der Waals surface area contributed by atoms with E-state index >= 15 is 0 Å². The van der Waals surface area contributed by atoms with Crippen LogP contribution >= 0.6 is 0 Å². The van der Waals surface area contributed by atoms with Gasteiger partial charge in [0.2, 0.25) is 5.95 Å². The minimum atomic E-state index is -4.32. The first-order valence-corrected chi connectivity index (χ1v) is 12.9. The van der Waals surface area contributed by atoms with Gasteiger partial charge in [0.1, 0.15) is 17.6 Å². The van der Waals surface area contributed by atoms with Crippen LogP contribution in [-0.2, 0) is 43.4 Å². The highest BCUT2D eigenvalue weighted by molar-refractivity contribution is 7.87. The van der Waals surface area contributed by atoms with Crippen LogP contribution in [0.1, 0.15) is 32.6 Å². The molecule has 3 heterocycles. The van der Waals surface area contributed by atoms with Crippen molar-refractivity contribution in [1.82, 2.24) is 19.5 Å². The van der Waals surface area contributed by atoms with Gasteiger partial charge in [-0.2, -0.15) is 18.4 Å². The zero-order valence-corrected chi connectivity index (χ0v) is 22.1. The number of carbonyl (C=O) groups excluding carboxylic acids is 3. The Morgan fingerprint density at radius 1 is 1.00 bits per heavy atom. The molecule has 0 amide bonds. The number of aromatic nitrogens is 4. The largest absolute Gasteiger partial charge is 0.463 e. The molecule has 39 heavy (non-hydrogen) atoms.